The maximum absolute atomic E-state index is 2.51. The quantitative estimate of drug-likeness (QED) is 0.622. The molecule has 2 fully saturated rings. The molecule has 2 rings (SSSR count). The molecule has 0 aromatic carbocycles. The van der Waals surface area contributed by atoms with Gasteiger partial charge in [0.05, 0.1) is 0 Å². The van der Waals surface area contributed by atoms with Crippen molar-refractivity contribution in [2.45, 2.75) is 53.9 Å². The van der Waals surface area contributed by atoms with Crippen molar-refractivity contribution in [3.8, 4) is 0 Å². The third-order valence-electron chi connectivity index (χ3n) is 5.67. The van der Waals surface area contributed by atoms with Crippen LogP contribution in [0.4, 0.5) is 0 Å². The summed E-state index contributed by atoms with van der Waals surface area (Å²) in [4.78, 5) is 0. The fourth-order valence-corrected chi connectivity index (χ4v) is 4.97. The normalized spacial score (nSPS) is 51.8. The molecule has 0 heteroatoms. The minimum absolute atomic E-state index is 0.954. The van der Waals surface area contributed by atoms with Crippen LogP contribution < -0.4 is 0 Å². The molecule has 7 unspecified atom stereocenters. The van der Waals surface area contributed by atoms with Gasteiger partial charge >= 0.3 is 0 Å². The Hall–Kier alpha value is 0. The fraction of sp³-hybridized carbons (Fsp3) is 1.00. The molecule has 0 spiro atoms. The van der Waals surface area contributed by atoms with Gasteiger partial charge in [0.15, 0.2) is 0 Å². The number of hydrogen-bond acceptors (Lipinski definition) is 0. The fourth-order valence-electron chi connectivity index (χ4n) is 4.97. The molecule has 0 radical (unpaired) electrons. The van der Waals surface area contributed by atoms with E-state index in [0.717, 1.165) is 41.4 Å². The van der Waals surface area contributed by atoms with Gasteiger partial charge in [0.2, 0.25) is 0 Å². The zero-order valence-corrected chi connectivity index (χ0v) is 11.2. The minimum Gasteiger partial charge on any atom is -0.0651 e. The second kappa shape index (κ2) is 4.11. The van der Waals surface area contributed by atoms with Crippen LogP contribution in [0.2, 0.25) is 0 Å². The monoisotopic (exact) mass is 208 g/mol. The van der Waals surface area contributed by atoms with Crippen molar-refractivity contribution >= 4 is 0 Å². The van der Waals surface area contributed by atoms with Crippen LogP contribution >= 0.6 is 0 Å². The molecule has 2 saturated carbocycles. The Kier molecular flexibility index (Phi) is 3.14. The predicted molar refractivity (Wildman–Crippen MR) is 66.7 cm³/mol. The SMILES string of the molecule is CCC(C)C1CC(C)C2C(C)CC(C)C12. The van der Waals surface area contributed by atoms with Gasteiger partial charge in [-0.3, -0.25) is 0 Å². The van der Waals surface area contributed by atoms with Gasteiger partial charge in [-0.05, 0) is 54.3 Å². The van der Waals surface area contributed by atoms with Crippen LogP contribution in [0.25, 0.3) is 0 Å². The molecule has 7 atom stereocenters. The Morgan fingerprint density at radius 2 is 1.47 bits per heavy atom. The van der Waals surface area contributed by atoms with Crippen molar-refractivity contribution in [2.75, 3.05) is 0 Å². The van der Waals surface area contributed by atoms with E-state index in [0.29, 0.717) is 0 Å². The van der Waals surface area contributed by atoms with Crippen LogP contribution in [-0.4, -0.2) is 0 Å². The maximum Gasteiger partial charge on any atom is -0.0324 e. The molecule has 88 valence electrons. The van der Waals surface area contributed by atoms with Crippen molar-refractivity contribution in [1.82, 2.24) is 0 Å². The van der Waals surface area contributed by atoms with Gasteiger partial charge < -0.3 is 0 Å². The minimum atomic E-state index is 0.954. The second-order valence-corrected chi connectivity index (χ2v) is 6.61. The first kappa shape index (κ1) is 11.5. The van der Waals surface area contributed by atoms with Crippen molar-refractivity contribution in [3.05, 3.63) is 0 Å². The summed E-state index contributed by atoms with van der Waals surface area (Å²) in [5, 5.41) is 0. The summed E-state index contributed by atoms with van der Waals surface area (Å²) in [6.07, 6.45) is 4.38. The lowest BCUT2D eigenvalue weighted by atomic mass is 9.77. The van der Waals surface area contributed by atoms with Crippen molar-refractivity contribution in [2.24, 2.45) is 41.4 Å². The number of fused-ring (bicyclic) bond motifs is 1. The average Bonchev–Trinajstić information content (AvgIpc) is 2.67. The van der Waals surface area contributed by atoms with E-state index in [1.54, 1.807) is 0 Å². The van der Waals surface area contributed by atoms with E-state index in [9.17, 15) is 0 Å². The van der Waals surface area contributed by atoms with Crippen LogP contribution in [0.3, 0.4) is 0 Å². The Balaban J connectivity index is 2.17. The molecule has 0 heterocycles. The topological polar surface area (TPSA) is 0 Å². The van der Waals surface area contributed by atoms with Crippen LogP contribution in [0.5, 0.6) is 0 Å². The van der Waals surface area contributed by atoms with Crippen LogP contribution in [-0.2, 0) is 0 Å². The van der Waals surface area contributed by atoms with Crippen LogP contribution in [0, 0.1) is 41.4 Å². The molecule has 2 aliphatic carbocycles. The van der Waals surface area contributed by atoms with E-state index >= 15 is 0 Å². The van der Waals surface area contributed by atoms with Crippen molar-refractivity contribution < 1.29 is 0 Å². The van der Waals surface area contributed by atoms with Gasteiger partial charge in [0, 0.05) is 0 Å². The van der Waals surface area contributed by atoms with E-state index < -0.39 is 0 Å². The Labute approximate surface area is 95.8 Å². The molecule has 0 saturated heterocycles. The summed E-state index contributed by atoms with van der Waals surface area (Å²) < 4.78 is 0. The summed E-state index contributed by atoms with van der Waals surface area (Å²) in [6.45, 7) is 12.4. The first-order chi connectivity index (χ1) is 7.06. The van der Waals surface area contributed by atoms with E-state index in [-0.39, 0.29) is 0 Å². The van der Waals surface area contributed by atoms with Crippen molar-refractivity contribution in [1.29, 1.82) is 0 Å². The van der Waals surface area contributed by atoms with Gasteiger partial charge in [-0.2, -0.15) is 0 Å². The van der Waals surface area contributed by atoms with Crippen LogP contribution in [0.15, 0.2) is 0 Å². The molecule has 0 amide bonds. The lowest BCUT2D eigenvalue weighted by molar-refractivity contribution is 0.207. The zero-order valence-electron chi connectivity index (χ0n) is 11.2. The molecular weight excluding hydrogens is 180 g/mol. The first-order valence-electron chi connectivity index (χ1n) is 7.06. The highest BCUT2D eigenvalue weighted by atomic mass is 14.6. The zero-order chi connectivity index (χ0) is 11.2. The van der Waals surface area contributed by atoms with E-state index in [2.05, 4.69) is 34.6 Å². The van der Waals surface area contributed by atoms with Crippen molar-refractivity contribution in [3.63, 3.8) is 0 Å². The highest BCUT2D eigenvalue weighted by Gasteiger charge is 2.51. The molecule has 15 heavy (non-hydrogen) atoms. The Bertz CT molecular complexity index is 220. The molecule has 0 aliphatic heterocycles. The predicted octanol–water partition coefficient (Wildman–Crippen LogP) is 4.60. The molecule has 2 aliphatic rings. The Morgan fingerprint density at radius 1 is 0.933 bits per heavy atom. The largest absolute Gasteiger partial charge is 0.0651 e. The average molecular weight is 208 g/mol. The Morgan fingerprint density at radius 3 is 2.07 bits per heavy atom. The molecular formula is C15H28. The molecule has 0 aromatic rings. The maximum atomic E-state index is 2.51. The third kappa shape index (κ3) is 1.74. The first-order valence-corrected chi connectivity index (χ1v) is 7.06. The lowest BCUT2D eigenvalue weighted by Gasteiger charge is -2.28. The summed E-state index contributed by atoms with van der Waals surface area (Å²) >= 11 is 0. The van der Waals surface area contributed by atoms with Crippen LogP contribution in [0.1, 0.15) is 53.9 Å². The lowest BCUT2D eigenvalue weighted by Crippen LogP contribution is -2.22. The van der Waals surface area contributed by atoms with E-state index in [1.165, 1.54) is 19.3 Å². The summed E-state index contributed by atoms with van der Waals surface area (Å²) in [5.74, 6) is 7.09. The van der Waals surface area contributed by atoms with E-state index in [4.69, 9.17) is 0 Å². The summed E-state index contributed by atoms with van der Waals surface area (Å²) in [6, 6.07) is 0. The van der Waals surface area contributed by atoms with Gasteiger partial charge in [-0.25, -0.2) is 0 Å². The number of rotatable bonds is 2. The molecule has 0 aromatic heterocycles. The standard InChI is InChI=1S/C15H28/c1-6-9(2)13-8-12(5)14-10(3)7-11(4)15(13)14/h9-15H,6-8H2,1-5H3. The molecule has 0 nitrogen and oxygen atoms in total. The summed E-state index contributed by atoms with van der Waals surface area (Å²) in [5.41, 5.74) is 0. The second-order valence-electron chi connectivity index (χ2n) is 6.61. The van der Waals surface area contributed by atoms with Gasteiger partial charge in [0.25, 0.3) is 0 Å². The highest BCUT2D eigenvalue weighted by molar-refractivity contribution is 4.99. The van der Waals surface area contributed by atoms with Gasteiger partial charge in [-0.1, -0.05) is 41.0 Å². The summed E-state index contributed by atoms with van der Waals surface area (Å²) in [7, 11) is 0. The smallest absolute Gasteiger partial charge is 0.0324 e. The highest BCUT2D eigenvalue weighted by Crippen LogP contribution is 2.58. The third-order valence-corrected chi connectivity index (χ3v) is 5.67. The van der Waals surface area contributed by atoms with E-state index in [1.807, 2.05) is 0 Å². The van der Waals surface area contributed by atoms with Gasteiger partial charge in [-0.15, -0.1) is 0 Å². The number of hydrogen-bond donors (Lipinski definition) is 0. The molecule has 0 bridgehead atoms. The molecule has 0 N–H and O–H groups in total. The van der Waals surface area contributed by atoms with Gasteiger partial charge in [0.1, 0.15) is 0 Å².